The van der Waals surface area contributed by atoms with E-state index in [2.05, 4.69) is 5.10 Å². The van der Waals surface area contributed by atoms with E-state index in [1.54, 1.807) is 0 Å². The minimum Gasteiger partial charge on any atom is -0.396 e. The number of nitrogens with zero attached hydrogens (tertiary/aromatic N) is 2. The quantitative estimate of drug-likeness (QED) is 0.728. The Balaban J connectivity index is 2.30. The molecule has 1 aromatic heterocycles. The third-order valence-electron chi connectivity index (χ3n) is 2.94. The fourth-order valence-corrected chi connectivity index (χ4v) is 2.22. The van der Waals surface area contributed by atoms with Crippen molar-refractivity contribution in [3.05, 3.63) is 17.0 Å². The first-order chi connectivity index (χ1) is 6.74. The van der Waals surface area contributed by atoms with Gasteiger partial charge in [0, 0.05) is 19.3 Å². The maximum atomic E-state index is 8.84. The predicted octanol–water partition coefficient (Wildman–Crippen LogP) is 0.291. The van der Waals surface area contributed by atoms with Crippen molar-refractivity contribution in [2.75, 3.05) is 6.61 Å². The fourth-order valence-electron chi connectivity index (χ4n) is 2.22. The molecule has 1 aliphatic carbocycles. The van der Waals surface area contributed by atoms with E-state index in [-0.39, 0.29) is 12.6 Å². The molecule has 2 rings (SSSR count). The Hall–Kier alpha value is -0.870. The highest BCUT2D eigenvalue weighted by Gasteiger charge is 2.23. The second kappa shape index (κ2) is 3.71. The number of rotatable bonds is 3. The zero-order chi connectivity index (χ0) is 10.1. The van der Waals surface area contributed by atoms with Gasteiger partial charge >= 0.3 is 0 Å². The zero-order valence-electron chi connectivity index (χ0n) is 8.53. The van der Waals surface area contributed by atoms with E-state index in [0.717, 1.165) is 18.5 Å². The first-order valence-corrected chi connectivity index (χ1v) is 5.15. The number of fused-ring (bicyclic) bond motifs is 1. The lowest BCUT2D eigenvalue weighted by Gasteiger charge is -2.07. The molecule has 0 bridgehead atoms. The molecule has 0 amide bonds. The number of aryl methyl sites for hydroxylation is 1. The van der Waals surface area contributed by atoms with Gasteiger partial charge in [-0.2, -0.15) is 5.10 Å². The molecule has 14 heavy (non-hydrogen) atoms. The van der Waals surface area contributed by atoms with Crippen LogP contribution in [0, 0.1) is 0 Å². The minimum atomic E-state index is -0.104. The van der Waals surface area contributed by atoms with Crippen LogP contribution in [0.1, 0.15) is 35.8 Å². The molecule has 3 N–H and O–H groups in total. The Morgan fingerprint density at radius 2 is 2.36 bits per heavy atom. The Morgan fingerprint density at radius 3 is 3.07 bits per heavy atom. The van der Waals surface area contributed by atoms with Crippen LogP contribution in [0.4, 0.5) is 0 Å². The summed E-state index contributed by atoms with van der Waals surface area (Å²) in [6.07, 6.45) is 4.02. The highest BCUT2D eigenvalue weighted by Crippen LogP contribution is 2.28. The minimum absolute atomic E-state index is 0.104. The van der Waals surface area contributed by atoms with Crippen LogP contribution in [0.5, 0.6) is 0 Å². The largest absolute Gasteiger partial charge is 0.396 e. The van der Waals surface area contributed by atoms with E-state index in [1.807, 2.05) is 11.7 Å². The van der Waals surface area contributed by atoms with Gasteiger partial charge in [0.15, 0.2) is 0 Å². The van der Waals surface area contributed by atoms with Crippen molar-refractivity contribution in [2.45, 2.75) is 31.7 Å². The van der Waals surface area contributed by atoms with Crippen LogP contribution in [-0.2, 0) is 19.9 Å². The van der Waals surface area contributed by atoms with Crippen molar-refractivity contribution in [1.29, 1.82) is 0 Å². The molecule has 1 aliphatic rings. The van der Waals surface area contributed by atoms with Crippen LogP contribution in [0.3, 0.4) is 0 Å². The number of aliphatic hydroxyl groups excluding tert-OH is 1. The average Bonchev–Trinajstić information content (AvgIpc) is 2.70. The molecular formula is C10H17N3O. The summed E-state index contributed by atoms with van der Waals surface area (Å²) in [5.41, 5.74) is 9.61. The lowest BCUT2D eigenvalue weighted by atomic mass is 10.1. The molecule has 0 aromatic carbocycles. The molecule has 4 nitrogen and oxygen atoms in total. The molecule has 0 spiro atoms. The lowest BCUT2D eigenvalue weighted by Crippen LogP contribution is -2.14. The highest BCUT2D eigenvalue weighted by molar-refractivity contribution is 5.32. The van der Waals surface area contributed by atoms with Gasteiger partial charge in [0.25, 0.3) is 0 Å². The summed E-state index contributed by atoms with van der Waals surface area (Å²) in [6.45, 7) is 0.131. The maximum absolute atomic E-state index is 8.84. The number of aliphatic hydroxyl groups is 1. The lowest BCUT2D eigenvalue weighted by molar-refractivity contribution is 0.275. The monoisotopic (exact) mass is 195 g/mol. The third kappa shape index (κ3) is 1.44. The molecule has 0 saturated carbocycles. The van der Waals surface area contributed by atoms with Crippen molar-refractivity contribution in [3.8, 4) is 0 Å². The number of hydrogen-bond donors (Lipinski definition) is 2. The average molecular weight is 195 g/mol. The SMILES string of the molecule is Cn1nc(C(N)CCO)c2c1CCC2. The van der Waals surface area contributed by atoms with Gasteiger partial charge in [-0.05, 0) is 31.2 Å². The zero-order valence-corrected chi connectivity index (χ0v) is 8.53. The second-order valence-electron chi connectivity index (χ2n) is 3.91. The van der Waals surface area contributed by atoms with E-state index in [4.69, 9.17) is 10.8 Å². The van der Waals surface area contributed by atoms with E-state index in [9.17, 15) is 0 Å². The van der Waals surface area contributed by atoms with Gasteiger partial charge in [-0.1, -0.05) is 0 Å². The number of aromatic nitrogens is 2. The van der Waals surface area contributed by atoms with E-state index in [0.29, 0.717) is 6.42 Å². The summed E-state index contributed by atoms with van der Waals surface area (Å²) >= 11 is 0. The molecule has 0 radical (unpaired) electrons. The van der Waals surface area contributed by atoms with Gasteiger partial charge in [0.2, 0.25) is 0 Å². The first-order valence-electron chi connectivity index (χ1n) is 5.15. The summed E-state index contributed by atoms with van der Waals surface area (Å²) < 4.78 is 1.94. The predicted molar refractivity (Wildman–Crippen MR) is 53.9 cm³/mol. The molecule has 1 atom stereocenters. The van der Waals surface area contributed by atoms with Gasteiger partial charge in [-0.3, -0.25) is 4.68 Å². The van der Waals surface area contributed by atoms with Crippen molar-refractivity contribution < 1.29 is 5.11 Å². The molecular weight excluding hydrogens is 178 g/mol. The van der Waals surface area contributed by atoms with E-state index >= 15 is 0 Å². The van der Waals surface area contributed by atoms with Crippen molar-refractivity contribution in [3.63, 3.8) is 0 Å². The molecule has 1 aromatic rings. The Labute approximate surface area is 83.7 Å². The number of nitrogens with two attached hydrogens (primary N) is 1. The molecule has 0 fully saturated rings. The Bertz CT molecular complexity index is 332. The van der Waals surface area contributed by atoms with Crippen LogP contribution < -0.4 is 5.73 Å². The van der Waals surface area contributed by atoms with Crippen LogP contribution in [0.2, 0.25) is 0 Å². The van der Waals surface area contributed by atoms with Gasteiger partial charge in [-0.15, -0.1) is 0 Å². The molecule has 1 unspecified atom stereocenters. The van der Waals surface area contributed by atoms with Gasteiger partial charge in [0.05, 0.1) is 11.7 Å². The van der Waals surface area contributed by atoms with Crippen LogP contribution in [-0.4, -0.2) is 21.5 Å². The van der Waals surface area contributed by atoms with Crippen LogP contribution >= 0.6 is 0 Å². The summed E-state index contributed by atoms with van der Waals surface area (Å²) in [5, 5.41) is 13.3. The number of hydrogen-bond acceptors (Lipinski definition) is 3. The van der Waals surface area contributed by atoms with Crippen molar-refractivity contribution >= 4 is 0 Å². The fraction of sp³-hybridized carbons (Fsp3) is 0.700. The van der Waals surface area contributed by atoms with Crippen LogP contribution in [0.15, 0.2) is 0 Å². The van der Waals surface area contributed by atoms with Gasteiger partial charge in [-0.25, -0.2) is 0 Å². The van der Waals surface area contributed by atoms with E-state index in [1.165, 1.54) is 17.7 Å². The van der Waals surface area contributed by atoms with Gasteiger partial charge < -0.3 is 10.8 Å². The molecule has 0 aliphatic heterocycles. The molecule has 0 saturated heterocycles. The Morgan fingerprint density at radius 1 is 1.57 bits per heavy atom. The van der Waals surface area contributed by atoms with Gasteiger partial charge in [0.1, 0.15) is 0 Å². The summed E-state index contributed by atoms with van der Waals surface area (Å²) in [6, 6.07) is -0.104. The topological polar surface area (TPSA) is 64.1 Å². The molecule has 1 heterocycles. The van der Waals surface area contributed by atoms with E-state index < -0.39 is 0 Å². The summed E-state index contributed by atoms with van der Waals surface area (Å²) in [5.74, 6) is 0. The maximum Gasteiger partial charge on any atom is 0.0827 e. The third-order valence-corrected chi connectivity index (χ3v) is 2.94. The standard InChI is InChI=1S/C10H17N3O/c1-13-9-4-2-3-7(9)10(12-13)8(11)5-6-14/h8,14H,2-6,11H2,1H3. The molecule has 4 heteroatoms. The highest BCUT2D eigenvalue weighted by atomic mass is 16.3. The summed E-state index contributed by atoms with van der Waals surface area (Å²) in [7, 11) is 1.97. The Kier molecular flexibility index (Phi) is 2.56. The smallest absolute Gasteiger partial charge is 0.0827 e. The van der Waals surface area contributed by atoms with Crippen LogP contribution in [0.25, 0.3) is 0 Å². The van der Waals surface area contributed by atoms with Crippen molar-refractivity contribution in [2.24, 2.45) is 12.8 Å². The first kappa shape index (κ1) is 9.68. The second-order valence-corrected chi connectivity index (χ2v) is 3.91. The summed E-state index contributed by atoms with van der Waals surface area (Å²) in [4.78, 5) is 0. The molecule has 78 valence electrons. The van der Waals surface area contributed by atoms with Crippen molar-refractivity contribution in [1.82, 2.24) is 9.78 Å². The normalized spacial score (nSPS) is 17.1.